The minimum absolute atomic E-state index is 0.0654. The van der Waals surface area contributed by atoms with Crippen LogP contribution in [0.5, 0.6) is 0 Å². The zero-order valence-corrected chi connectivity index (χ0v) is 11.1. The lowest BCUT2D eigenvalue weighted by Gasteiger charge is -2.35. The Balaban J connectivity index is 2.21. The summed E-state index contributed by atoms with van der Waals surface area (Å²) in [6.45, 7) is 3.29. The van der Waals surface area contributed by atoms with E-state index in [2.05, 4.69) is 11.9 Å². The van der Waals surface area contributed by atoms with Crippen molar-refractivity contribution in [2.45, 2.75) is 18.9 Å². The number of nitrogens with zero attached hydrogens (tertiary/aromatic N) is 2. The summed E-state index contributed by atoms with van der Waals surface area (Å²) >= 11 is 0. The predicted molar refractivity (Wildman–Crippen MR) is 66.0 cm³/mol. The lowest BCUT2D eigenvalue weighted by molar-refractivity contribution is -0.138. The lowest BCUT2D eigenvalue weighted by atomic mass is 10.0. The molecule has 0 radical (unpaired) electrons. The molecule has 1 fully saturated rings. The number of rotatable bonds is 6. The summed E-state index contributed by atoms with van der Waals surface area (Å²) in [5.74, 6) is 0.0654. The molecule has 5 nitrogen and oxygen atoms in total. The van der Waals surface area contributed by atoms with Crippen LogP contribution in [-0.2, 0) is 14.3 Å². The smallest absolute Gasteiger partial charge is 0.248 e. The van der Waals surface area contributed by atoms with Gasteiger partial charge in [0, 0.05) is 20.2 Å². The highest BCUT2D eigenvalue weighted by atomic mass is 16.5. The maximum atomic E-state index is 11.8. The van der Waals surface area contributed by atoms with E-state index in [4.69, 9.17) is 9.47 Å². The number of carbonyl (C=O) groups is 1. The first kappa shape index (κ1) is 14.4. The maximum Gasteiger partial charge on any atom is 0.248 e. The molecule has 1 aliphatic heterocycles. The fourth-order valence-corrected chi connectivity index (χ4v) is 1.99. The summed E-state index contributed by atoms with van der Waals surface area (Å²) in [6, 6.07) is 0.365. The van der Waals surface area contributed by atoms with Crippen LogP contribution in [0.25, 0.3) is 0 Å². The number of carbonyl (C=O) groups excluding carboxylic acids is 1. The van der Waals surface area contributed by atoms with Crippen LogP contribution in [0.2, 0.25) is 0 Å². The molecule has 0 saturated carbocycles. The molecule has 1 amide bonds. The van der Waals surface area contributed by atoms with E-state index in [1.807, 2.05) is 11.9 Å². The van der Waals surface area contributed by atoms with Crippen molar-refractivity contribution in [2.24, 2.45) is 0 Å². The summed E-state index contributed by atoms with van der Waals surface area (Å²) in [5, 5.41) is 0. The Morgan fingerprint density at radius 2 is 2.00 bits per heavy atom. The number of piperidine rings is 1. The number of ether oxygens (including phenoxy) is 2. The van der Waals surface area contributed by atoms with E-state index in [9.17, 15) is 4.79 Å². The monoisotopic (exact) mass is 244 g/mol. The number of likely N-dealkylation sites (N-methyl/N-ethyl adjacent to an activating group) is 1. The van der Waals surface area contributed by atoms with Crippen molar-refractivity contribution >= 4 is 5.91 Å². The zero-order chi connectivity index (χ0) is 12.7. The molecule has 1 heterocycles. The fraction of sp³-hybridized carbons (Fsp3) is 0.917. The molecule has 0 atom stereocenters. The topological polar surface area (TPSA) is 42.0 Å². The van der Waals surface area contributed by atoms with Crippen molar-refractivity contribution in [3.63, 3.8) is 0 Å². The van der Waals surface area contributed by atoms with Gasteiger partial charge in [-0.15, -0.1) is 0 Å². The summed E-state index contributed by atoms with van der Waals surface area (Å²) in [5.41, 5.74) is 0. The van der Waals surface area contributed by atoms with Crippen molar-refractivity contribution in [2.75, 3.05) is 54.1 Å². The van der Waals surface area contributed by atoms with E-state index in [0.717, 1.165) is 25.9 Å². The molecule has 0 aromatic carbocycles. The molecular weight excluding hydrogens is 220 g/mol. The number of likely N-dealkylation sites (tertiary alicyclic amines) is 1. The van der Waals surface area contributed by atoms with E-state index in [-0.39, 0.29) is 12.5 Å². The van der Waals surface area contributed by atoms with Gasteiger partial charge in [-0.2, -0.15) is 0 Å². The first-order chi connectivity index (χ1) is 8.15. The third-order valence-electron chi connectivity index (χ3n) is 3.29. The van der Waals surface area contributed by atoms with Crippen molar-refractivity contribution in [3.05, 3.63) is 0 Å². The second kappa shape index (κ2) is 7.63. The number of amides is 1. The summed E-state index contributed by atoms with van der Waals surface area (Å²) < 4.78 is 10.1. The van der Waals surface area contributed by atoms with Crippen LogP contribution >= 0.6 is 0 Å². The standard InChI is InChI=1S/C12H24N2O3/c1-13-6-4-11(5-7-13)14(2)12(15)10-17-9-8-16-3/h11H,4-10H2,1-3H3. The third-order valence-corrected chi connectivity index (χ3v) is 3.29. The molecule has 0 bridgehead atoms. The van der Waals surface area contributed by atoms with E-state index < -0.39 is 0 Å². The number of hydrogen-bond acceptors (Lipinski definition) is 4. The average Bonchev–Trinajstić information content (AvgIpc) is 2.34. The van der Waals surface area contributed by atoms with E-state index in [1.54, 1.807) is 7.11 Å². The van der Waals surface area contributed by atoms with Gasteiger partial charge in [-0.05, 0) is 33.0 Å². The Bertz CT molecular complexity index is 228. The first-order valence-electron chi connectivity index (χ1n) is 6.16. The van der Waals surface area contributed by atoms with E-state index >= 15 is 0 Å². The van der Waals surface area contributed by atoms with Crippen molar-refractivity contribution in [3.8, 4) is 0 Å². The fourth-order valence-electron chi connectivity index (χ4n) is 1.99. The highest BCUT2D eigenvalue weighted by Crippen LogP contribution is 2.14. The molecule has 1 saturated heterocycles. The average molecular weight is 244 g/mol. The molecule has 0 N–H and O–H groups in total. The molecular formula is C12H24N2O3. The minimum atomic E-state index is 0.0654. The molecule has 0 aliphatic carbocycles. The molecule has 17 heavy (non-hydrogen) atoms. The molecule has 0 unspecified atom stereocenters. The number of methoxy groups -OCH3 is 1. The summed E-state index contributed by atoms with van der Waals surface area (Å²) in [7, 11) is 5.61. The van der Waals surface area contributed by atoms with Gasteiger partial charge in [0.1, 0.15) is 6.61 Å². The van der Waals surface area contributed by atoms with Gasteiger partial charge in [-0.1, -0.05) is 0 Å². The molecule has 1 aliphatic rings. The molecule has 0 aromatic heterocycles. The van der Waals surface area contributed by atoms with Crippen LogP contribution in [0, 0.1) is 0 Å². The van der Waals surface area contributed by atoms with Gasteiger partial charge in [-0.3, -0.25) is 4.79 Å². The molecule has 100 valence electrons. The Hall–Kier alpha value is -0.650. The quantitative estimate of drug-likeness (QED) is 0.626. The minimum Gasteiger partial charge on any atom is -0.382 e. The van der Waals surface area contributed by atoms with Gasteiger partial charge in [0.25, 0.3) is 0 Å². The Morgan fingerprint density at radius 1 is 1.35 bits per heavy atom. The summed E-state index contributed by atoms with van der Waals surface area (Å²) in [4.78, 5) is 16.0. The van der Waals surface area contributed by atoms with Gasteiger partial charge < -0.3 is 19.3 Å². The molecule has 0 aromatic rings. The second-order valence-electron chi connectivity index (χ2n) is 4.58. The predicted octanol–water partition coefficient (Wildman–Crippen LogP) is 0.202. The lowest BCUT2D eigenvalue weighted by Crippen LogP contribution is -2.45. The second-order valence-corrected chi connectivity index (χ2v) is 4.58. The number of hydrogen-bond donors (Lipinski definition) is 0. The Kier molecular flexibility index (Phi) is 6.47. The highest BCUT2D eigenvalue weighted by Gasteiger charge is 2.23. The third kappa shape index (κ3) is 5.02. The molecule has 1 rings (SSSR count). The van der Waals surface area contributed by atoms with Gasteiger partial charge >= 0.3 is 0 Å². The summed E-state index contributed by atoms with van der Waals surface area (Å²) in [6.07, 6.45) is 2.10. The van der Waals surface area contributed by atoms with Crippen LogP contribution in [-0.4, -0.2) is 75.9 Å². The first-order valence-corrected chi connectivity index (χ1v) is 6.16. The van der Waals surface area contributed by atoms with Gasteiger partial charge in [0.2, 0.25) is 5.91 Å². The van der Waals surface area contributed by atoms with Crippen LogP contribution in [0.3, 0.4) is 0 Å². The SMILES string of the molecule is COCCOCC(=O)N(C)C1CCN(C)CC1. The normalized spacial score (nSPS) is 18.3. The maximum absolute atomic E-state index is 11.8. The van der Waals surface area contributed by atoms with Crippen molar-refractivity contribution in [1.82, 2.24) is 9.80 Å². The van der Waals surface area contributed by atoms with Crippen molar-refractivity contribution < 1.29 is 14.3 Å². The Labute approximate surface area is 104 Å². The van der Waals surface area contributed by atoms with Gasteiger partial charge in [-0.25, -0.2) is 0 Å². The zero-order valence-electron chi connectivity index (χ0n) is 11.1. The molecule has 0 spiro atoms. The van der Waals surface area contributed by atoms with Crippen LogP contribution in [0.4, 0.5) is 0 Å². The van der Waals surface area contributed by atoms with Crippen LogP contribution in [0.15, 0.2) is 0 Å². The Morgan fingerprint density at radius 3 is 2.59 bits per heavy atom. The van der Waals surface area contributed by atoms with E-state index in [0.29, 0.717) is 19.3 Å². The van der Waals surface area contributed by atoms with E-state index in [1.165, 1.54) is 0 Å². The largest absolute Gasteiger partial charge is 0.382 e. The van der Waals surface area contributed by atoms with Crippen LogP contribution < -0.4 is 0 Å². The van der Waals surface area contributed by atoms with Crippen LogP contribution in [0.1, 0.15) is 12.8 Å². The van der Waals surface area contributed by atoms with Gasteiger partial charge in [0.05, 0.1) is 13.2 Å². The van der Waals surface area contributed by atoms with Crippen molar-refractivity contribution in [1.29, 1.82) is 0 Å². The molecule has 5 heteroatoms. The highest BCUT2D eigenvalue weighted by molar-refractivity contribution is 5.77. The van der Waals surface area contributed by atoms with Gasteiger partial charge in [0.15, 0.2) is 0 Å².